The zero-order chi connectivity index (χ0) is 19.7. The first-order valence-corrected chi connectivity index (χ1v) is 8.74. The number of aromatic nitrogens is 2. The average Bonchev–Trinajstić information content (AvgIpc) is 2.97. The van der Waals surface area contributed by atoms with E-state index in [0.29, 0.717) is 49.3 Å². The molecule has 27 heavy (non-hydrogen) atoms. The minimum absolute atomic E-state index is 0.0431. The fourth-order valence-corrected chi connectivity index (χ4v) is 3.26. The summed E-state index contributed by atoms with van der Waals surface area (Å²) >= 11 is 0. The van der Waals surface area contributed by atoms with E-state index in [-0.39, 0.29) is 17.6 Å². The largest absolute Gasteiger partial charge is 0.338 e. The monoisotopic (exact) mass is 379 g/mol. The normalized spacial score (nSPS) is 15.2. The third-order valence-corrected chi connectivity index (χ3v) is 4.73. The topological polar surface area (TPSA) is 61.7 Å². The number of aryl methyl sites for hydroxylation is 1. The van der Waals surface area contributed by atoms with Gasteiger partial charge in [-0.15, -0.1) is 0 Å². The van der Waals surface area contributed by atoms with Gasteiger partial charge in [-0.2, -0.15) is 0 Å². The summed E-state index contributed by atoms with van der Waals surface area (Å²) < 4.78 is 27.3. The van der Waals surface area contributed by atoms with Crippen LogP contribution in [0, 0.1) is 0 Å². The van der Waals surface area contributed by atoms with Gasteiger partial charge in [0, 0.05) is 38.8 Å². The standard InChI is InChI=1S/C18H23F2N5O2/c1-22(2)11-15(26)24-6-8-25(9-7-24)18(27)12-4-5-14-13(10-12)21-17(16(19)20)23(14)3/h4-5,10,16H,6-9,11H2,1-3H3. The molecule has 0 N–H and O–H groups in total. The first-order chi connectivity index (χ1) is 12.8. The van der Waals surface area contributed by atoms with Crippen LogP contribution >= 0.6 is 0 Å². The molecule has 1 fully saturated rings. The molecule has 2 amide bonds. The molecule has 0 atom stereocenters. The van der Waals surface area contributed by atoms with Crippen LogP contribution < -0.4 is 0 Å². The number of benzene rings is 1. The van der Waals surface area contributed by atoms with Crippen molar-refractivity contribution in [3.8, 4) is 0 Å². The molecular formula is C18H23F2N5O2. The Labute approximate surface area is 156 Å². The zero-order valence-corrected chi connectivity index (χ0v) is 15.7. The van der Waals surface area contributed by atoms with Crippen molar-refractivity contribution in [1.29, 1.82) is 0 Å². The number of halogens is 2. The fourth-order valence-electron chi connectivity index (χ4n) is 3.26. The van der Waals surface area contributed by atoms with Crippen molar-refractivity contribution in [2.75, 3.05) is 46.8 Å². The van der Waals surface area contributed by atoms with E-state index >= 15 is 0 Å². The SMILES string of the molecule is CN(C)CC(=O)N1CCN(C(=O)c2ccc3c(c2)nc(C(F)F)n3C)CC1. The van der Waals surface area contributed by atoms with Gasteiger partial charge in [0.15, 0.2) is 5.82 Å². The van der Waals surface area contributed by atoms with Gasteiger partial charge >= 0.3 is 0 Å². The molecule has 1 aliphatic heterocycles. The number of alkyl halides is 2. The Kier molecular flexibility index (Phi) is 5.41. The maximum Gasteiger partial charge on any atom is 0.295 e. The van der Waals surface area contributed by atoms with E-state index in [1.807, 2.05) is 19.0 Å². The maximum atomic E-state index is 13.0. The molecule has 1 aromatic carbocycles. The van der Waals surface area contributed by atoms with E-state index in [0.717, 1.165) is 0 Å². The van der Waals surface area contributed by atoms with Gasteiger partial charge in [-0.1, -0.05) is 0 Å². The Balaban J connectivity index is 1.70. The molecule has 9 heteroatoms. The van der Waals surface area contributed by atoms with Crippen LogP contribution in [-0.4, -0.2) is 82.9 Å². The van der Waals surface area contributed by atoms with Crippen molar-refractivity contribution in [3.63, 3.8) is 0 Å². The molecule has 2 aromatic rings. The summed E-state index contributed by atoms with van der Waals surface area (Å²) in [7, 11) is 5.21. The lowest BCUT2D eigenvalue weighted by Gasteiger charge is -2.35. The number of hydrogen-bond acceptors (Lipinski definition) is 4. The van der Waals surface area contributed by atoms with Crippen LogP contribution in [0.5, 0.6) is 0 Å². The van der Waals surface area contributed by atoms with Gasteiger partial charge in [-0.25, -0.2) is 13.8 Å². The van der Waals surface area contributed by atoms with Gasteiger partial charge in [0.1, 0.15) is 0 Å². The number of rotatable bonds is 4. The van der Waals surface area contributed by atoms with Crippen molar-refractivity contribution in [1.82, 2.24) is 24.3 Å². The van der Waals surface area contributed by atoms with Crippen LogP contribution in [0.3, 0.4) is 0 Å². The Morgan fingerprint density at radius 1 is 1.15 bits per heavy atom. The third kappa shape index (κ3) is 3.92. The van der Waals surface area contributed by atoms with Crippen LogP contribution in [0.1, 0.15) is 22.6 Å². The number of carbonyl (C=O) groups is 2. The van der Waals surface area contributed by atoms with Crippen molar-refractivity contribution >= 4 is 22.8 Å². The lowest BCUT2D eigenvalue weighted by Crippen LogP contribution is -2.52. The third-order valence-electron chi connectivity index (χ3n) is 4.73. The number of imidazole rings is 1. The summed E-state index contributed by atoms with van der Waals surface area (Å²) in [5, 5.41) is 0. The highest BCUT2D eigenvalue weighted by atomic mass is 19.3. The Bertz CT molecular complexity index is 857. The van der Waals surface area contributed by atoms with Crippen molar-refractivity contribution in [2.45, 2.75) is 6.43 Å². The summed E-state index contributed by atoms with van der Waals surface area (Å²) in [5.74, 6) is -0.454. The fraction of sp³-hybridized carbons (Fsp3) is 0.500. The molecule has 0 saturated carbocycles. The van der Waals surface area contributed by atoms with Gasteiger partial charge in [-0.3, -0.25) is 9.59 Å². The Morgan fingerprint density at radius 2 is 1.78 bits per heavy atom. The molecule has 1 aliphatic rings. The smallest absolute Gasteiger partial charge is 0.295 e. The molecule has 0 radical (unpaired) electrons. The molecule has 3 rings (SSSR count). The first-order valence-electron chi connectivity index (χ1n) is 8.74. The molecule has 7 nitrogen and oxygen atoms in total. The summed E-state index contributed by atoms with van der Waals surface area (Å²) in [4.78, 5) is 34.0. The number of amides is 2. The van der Waals surface area contributed by atoms with E-state index in [1.54, 1.807) is 28.0 Å². The highest BCUT2D eigenvalue weighted by Crippen LogP contribution is 2.24. The highest BCUT2D eigenvalue weighted by Gasteiger charge is 2.25. The molecule has 0 unspecified atom stereocenters. The van der Waals surface area contributed by atoms with Crippen LogP contribution in [0.2, 0.25) is 0 Å². The number of hydrogen-bond donors (Lipinski definition) is 0. The number of nitrogens with zero attached hydrogens (tertiary/aromatic N) is 5. The number of fused-ring (bicyclic) bond motifs is 1. The summed E-state index contributed by atoms with van der Waals surface area (Å²) in [6, 6.07) is 4.82. The van der Waals surface area contributed by atoms with E-state index in [1.165, 1.54) is 11.6 Å². The van der Waals surface area contributed by atoms with Gasteiger partial charge in [0.05, 0.1) is 17.6 Å². The minimum Gasteiger partial charge on any atom is -0.338 e. The predicted octanol–water partition coefficient (Wildman–Crippen LogP) is 1.36. The molecule has 1 saturated heterocycles. The number of carbonyl (C=O) groups excluding carboxylic acids is 2. The Hall–Kier alpha value is -2.55. The molecule has 0 bridgehead atoms. The van der Waals surface area contributed by atoms with Crippen LogP contribution in [-0.2, 0) is 11.8 Å². The van der Waals surface area contributed by atoms with Crippen molar-refractivity contribution < 1.29 is 18.4 Å². The van der Waals surface area contributed by atoms with Crippen LogP contribution in [0.25, 0.3) is 11.0 Å². The second-order valence-electron chi connectivity index (χ2n) is 6.94. The summed E-state index contributed by atoms with van der Waals surface area (Å²) in [5.41, 5.74) is 1.34. The van der Waals surface area contributed by atoms with E-state index in [2.05, 4.69) is 4.98 Å². The molecule has 146 valence electrons. The van der Waals surface area contributed by atoms with Gasteiger partial charge in [0.25, 0.3) is 12.3 Å². The molecule has 0 aliphatic carbocycles. The molecular weight excluding hydrogens is 356 g/mol. The molecule has 2 heterocycles. The second kappa shape index (κ2) is 7.59. The van der Waals surface area contributed by atoms with Crippen molar-refractivity contribution in [3.05, 3.63) is 29.6 Å². The quantitative estimate of drug-likeness (QED) is 0.805. The molecule has 0 spiro atoms. The van der Waals surface area contributed by atoms with E-state index < -0.39 is 6.43 Å². The maximum absolute atomic E-state index is 13.0. The second-order valence-corrected chi connectivity index (χ2v) is 6.94. The predicted molar refractivity (Wildman–Crippen MR) is 96.7 cm³/mol. The van der Waals surface area contributed by atoms with Gasteiger partial charge < -0.3 is 19.3 Å². The number of piperazine rings is 1. The lowest BCUT2D eigenvalue weighted by atomic mass is 10.1. The summed E-state index contributed by atoms with van der Waals surface area (Å²) in [6.07, 6.45) is -2.67. The Morgan fingerprint density at radius 3 is 2.37 bits per heavy atom. The summed E-state index contributed by atoms with van der Waals surface area (Å²) in [6.45, 7) is 2.21. The zero-order valence-electron chi connectivity index (χ0n) is 15.7. The van der Waals surface area contributed by atoms with Gasteiger partial charge in [0.2, 0.25) is 5.91 Å². The highest BCUT2D eigenvalue weighted by molar-refractivity contribution is 5.97. The molecule has 1 aromatic heterocycles. The van der Waals surface area contributed by atoms with Gasteiger partial charge in [-0.05, 0) is 32.3 Å². The van der Waals surface area contributed by atoms with E-state index in [9.17, 15) is 18.4 Å². The van der Waals surface area contributed by atoms with Crippen LogP contribution in [0.4, 0.5) is 8.78 Å². The minimum atomic E-state index is -2.67. The van der Waals surface area contributed by atoms with Crippen LogP contribution in [0.15, 0.2) is 18.2 Å². The average molecular weight is 379 g/mol. The number of likely N-dealkylation sites (N-methyl/N-ethyl adjacent to an activating group) is 1. The van der Waals surface area contributed by atoms with E-state index in [4.69, 9.17) is 0 Å². The first kappa shape index (κ1) is 19.2. The lowest BCUT2D eigenvalue weighted by molar-refractivity contribution is -0.133. The van der Waals surface area contributed by atoms with Crippen molar-refractivity contribution in [2.24, 2.45) is 7.05 Å².